The van der Waals surface area contributed by atoms with Gasteiger partial charge in [0.2, 0.25) is 5.89 Å². The van der Waals surface area contributed by atoms with Crippen LogP contribution in [-0.4, -0.2) is 61.4 Å². The molecule has 2 aliphatic heterocycles. The first-order valence-electron chi connectivity index (χ1n) is 6.81. The van der Waals surface area contributed by atoms with E-state index >= 15 is 0 Å². The molecule has 6 heteroatoms. The molecule has 1 N–H and O–H groups in total. The summed E-state index contributed by atoms with van der Waals surface area (Å²) in [6.07, 6.45) is 2.34. The molecule has 1 aromatic rings. The molecule has 2 aliphatic rings. The van der Waals surface area contributed by atoms with Crippen LogP contribution in [-0.2, 0) is 0 Å². The van der Waals surface area contributed by atoms with Gasteiger partial charge in [-0.1, -0.05) is 0 Å². The normalized spacial score (nSPS) is 26.5. The molecule has 3 heterocycles. The van der Waals surface area contributed by atoms with Gasteiger partial charge in [0.1, 0.15) is 0 Å². The summed E-state index contributed by atoms with van der Waals surface area (Å²) in [6, 6.07) is 0. The number of anilines is 1. The van der Waals surface area contributed by atoms with E-state index in [9.17, 15) is 0 Å². The second-order valence-corrected chi connectivity index (χ2v) is 5.27. The molecule has 100 valence electrons. The first-order valence-corrected chi connectivity index (χ1v) is 6.81. The minimum absolute atomic E-state index is 0.396. The Kier molecular flexibility index (Phi) is 3.47. The number of nitrogens with zero attached hydrogens (tertiary/aromatic N) is 4. The molecular weight excluding hydrogens is 230 g/mol. The number of piperazine rings is 1. The van der Waals surface area contributed by atoms with Gasteiger partial charge in [0.25, 0.3) is 5.95 Å². The van der Waals surface area contributed by atoms with Gasteiger partial charge in [0.05, 0.1) is 5.92 Å². The molecule has 0 aromatic carbocycles. The Balaban J connectivity index is 1.65. The Hall–Kier alpha value is -1.14. The van der Waals surface area contributed by atoms with Gasteiger partial charge >= 0.3 is 0 Å². The maximum Gasteiger partial charge on any atom is 0.266 e. The Morgan fingerprint density at radius 1 is 1.28 bits per heavy atom. The fraction of sp³-hybridized carbons (Fsp3) is 0.833. The van der Waals surface area contributed by atoms with Crippen LogP contribution < -0.4 is 10.2 Å². The highest BCUT2D eigenvalue weighted by Gasteiger charge is 2.24. The lowest BCUT2D eigenvalue weighted by Gasteiger charge is -2.31. The van der Waals surface area contributed by atoms with Gasteiger partial charge in [-0.15, -0.1) is 0 Å². The molecular formula is C12H21N5O. The third kappa shape index (κ3) is 2.49. The van der Waals surface area contributed by atoms with Crippen LogP contribution >= 0.6 is 0 Å². The van der Waals surface area contributed by atoms with Gasteiger partial charge in [-0.25, -0.2) is 0 Å². The van der Waals surface area contributed by atoms with E-state index in [1.54, 1.807) is 0 Å². The van der Waals surface area contributed by atoms with Gasteiger partial charge in [-0.05, 0) is 31.6 Å². The molecule has 0 spiro atoms. The molecule has 0 unspecified atom stereocenters. The van der Waals surface area contributed by atoms with Crippen molar-refractivity contribution in [3.05, 3.63) is 5.89 Å². The Morgan fingerprint density at radius 2 is 2.11 bits per heavy atom. The summed E-state index contributed by atoms with van der Waals surface area (Å²) in [4.78, 5) is 9.11. The number of aromatic nitrogens is 2. The van der Waals surface area contributed by atoms with Crippen molar-refractivity contribution in [2.24, 2.45) is 0 Å². The molecule has 1 atom stereocenters. The van der Waals surface area contributed by atoms with E-state index in [1.807, 2.05) is 0 Å². The molecule has 0 radical (unpaired) electrons. The van der Waals surface area contributed by atoms with Crippen molar-refractivity contribution in [2.75, 3.05) is 51.2 Å². The standard InChI is InChI=1S/C12H21N5O/c1-16-5-7-17(8-6-16)12-14-11(18-15-12)10-3-2-4-13-9-10/h10,13H,2-9H2,1H3/t10-/m1/s1. The molecule has 6 nitrogen and oxygen atoms in total. The van der Waals surface area contributed by atoms with E-state index in [2.05, 4.69) is 32.3 Å². The van der Waals surface area contributed by atoms with E-state index in [-0.39, 0.29) is 0 Å². The number of hydrogen-bond acceptors (Lipinski definition) is 6. The summed E-state index contributed by atoms with van der Waals surface area (Å²) in [6.45, 7) is 6.17. The van der Waals surface area contributed by atoms with Gasteiger partial charge < -0.3 is 19.6 Å². The van der Waals surface area contributed by atoms with Crippen LogP contribution in [0, 0.1) is 0 Å². The minimum Gasteiger partial charge on any atom is -0.337 e. The predicted octanol–water partition coefficient (Wildman–Crippen LogP) is 0.288. The number of rotatable bonds is 2. The fourth-order valence-electron chi connectivity index (χ4n) is 2.59. The zero-order valence-electron chi connectivity index (χ0n) is 10.9. The number of likely N-dealkylation sites (N-methyl/N-ethyl adjacent to an activating group) is 1. The van der Waals surface area contributed by atoms with E-state index in [0.29, 0.717) is 5.92 Å². The van der Waals surface area contributed by atoms with E-state index in [1.165, 1.54) is 6.42 Å². The lowest BCUT2D eigenvalue weighted by Crippen LogP contribution is -2.44. The van der Waals surface area contributed by atoms with Gasteiger partial charge in [-0.3, -0.25) is 0 Å². The highest BCUT2D eigenvalue weighted by atomic mass is 16.5. The molecule has 0 bridgehead atoms. The van der Waals surface area contributed by atoms with Crippen molar-refractivity contribution in [3.8, 4) is 0 Å². The smallest absolute Gasteiger partial charge is 0.266 e. The van der Waals surface area contributed by atoms with Crippen molar-refractivity contribution in [1.29, 1.82) is 0 Å². The van der Waals surface area contributed by atoms with Gasteiger partial charge in [0, 0.05) is 32.7 Å². The summed E-state index contributed by atoms with van der Waals surface area (Å²) < 4.78 is 5.43. The highest BCUT2D eigenvalue weighted by Crippen LogP contribution is 2.23. The fourth-order valence-corrected chi connectivity index (χ4v) is 2.59. The molecule has 0 amide bonds. The second-order valence-electron chi connectivity index (χ2n) is 5.27. The van der Waals surface area contributed by atoms with Crippen LogP contribution in [0.2, 0.25) is 0 Å². The van der Waals surface area contributed by atoms with Crippen LogP contribution in [0.4, 0.5) is 5.95 Å². The molecule has 0 aliphatic carbocycles. The van der Waals surface area contributed by atoms with Crippen molar-refractivity contribution >= 4 is 5.95 Å². The number of hydrogen-bond donors (Lipinski definition) is 1. The van der Waals surface area contributed by atoms with E-state index in [0.717, 1.165) is 57.5 Å². The van der Waals surface area contributed by atoms with Crippen LogP contribution in [0.1, 0.15) is 24.7 Å². The van der Waals surface area contributed by atoms with Gasteiger partial charge in [0.15, 0.2) is 0 Å². The molecule has 1 aromatic heterocycles. The maximum absolute atomic E-state index is 5.43. The topological polar surface area (TPSA) is 57.4 Å². The average Bonchev–Trinajstić information content (AvgIpc) is 2.90. The molecule has 3 rings (SSSR count). The van der Waals surface area contributed by atoms with Crippen LogP contribution in [0.15, 0.2) is 4.52 Å². The van der Waals surface area contributed by atoms with Crippen molar-refractivity contribution < 1.29 is 4.52 Å². The molecule has 0 saturated carbocycles. The first-order chi connectivity index (χ1) is 8.83. The third-order valence-corrected chi connectivity index (χ3v) is 3.86. The Morgan fingerprint density at radius 3 is 2.83 bits per heavy atom. The summed E-state index contributed by atoms with van der Waals surface area (Å²) in [5.74, 6) is 1.97. The Labute approximate surface area is 107 Å². The van der Waals surface area contributed by atoms with Crippen LogP contribution in [0.3, 0.4) is 0 Å². The third-order valence-electron chi connectivity index (χ3n) is 3.86. The Bertz CT molecular complexity index is 380. The van der Waals surface area contributed by atoms with Crippen LogP contribution in [0.5, 0.6) is 0 Å². The summed E-state index contributed by atoms with van der Waals surface area (Å²) >= 11 is 0. The first kappa shape index (κ1) is 11.9. The largest absolute Gasteiger partial charge is 0.337 e. The second kappa shape index (κ2) is 5.24. The van der Waals surface area contributed by atoms with Crippen molar-refractivity contribution in [2.45, 2.75) is 18.8 Å². The highest BCUT2D eigenvalue weighted by molar-refractivity contribution is 5.29. The summed E-state index contributed by atoms with van der Waals surface area (Å²) in [5.41, 5.74) is 0. The lowest BCUT2D eigenvalue weighted by molar-refractivity contribution is 0.305. The van der Waals surface area contributed by atoms with Crippen molar-refractivity contribution in [1.82, 2.24) is 20.4 Å². The van der Waals surface area contributed by atoms with E-state index < -0.39 is 0 Å². The molecule has 2 fully saturated rings. The van der Waals surface area contributed by atoms with Crippen molar-refractivity contribution in [3.63, 3.8) is 0 Å². The number of piperidine rings is 1. The zero-order chi connectivity index (χ0) is 12.4. The quantitative estimate of drug-likeness (QED) is 0.815. The summed E-state index contributed by atoms with van der Waals surface area (Å²) in [7, 11) is 2.15. The molecule has 18 heavy (non-hydrogen) atoms. The SMILES string of the molecule is CN1CCN(c2noc([C@@H]3CCCNC3)n2)CC1. The number of nitrogens with one attached hydrogen (secondary N) is 1. The maximum atomic E-state index is 5.43. The lowest BCUT2D eigenvalue weighted by atomic mass is 10.00. The zero-order valence-corrected chi connectivity index (χ0v) is 10.9. The molecule has 2 saturated heterocycles. The monoisotopic (exact) mass is 251 g/mol. The minimum atomic E-state index is 0.396. The summed E-state index contributed by atoms with van der Waals surface area (Å²) in [5, 5.41) is 7.51. The van der Waals surface area contributed by atoms with Gasteiger partial charge in [-0.2, -0.15) is 4.98 Å². The van der Waals surface area contributed by atoms with E-state index in [4.69, 9.17) is 4.52 Å². The van der Waals surface area contributed by atoms with Crippen LogP contribution in [0.25, 0.3) is 0 Å². The predicted molar refractivity (Wildman–Crippen MR) is 68.9 cm³/mol. The average molecular weight is 251 g/mol.